The van der Waals surface area contributed by atoms with E-state index in [4.69, 9.17) is 5.73 Å². The van der Waals surface area contributed by atoms with Gasteiger partial charge in [-0.25, -0.2) is 4.98 Å². The summed E-state index contributed by atoms with van der Waals surface area (Å²) in [4.78, 5) is 19.3. The van der Waals surface area contributed by atoms with Crippen molar-refractivity contribution < 1.29 is 4.79 Å². The van der Waals surface area contributed by atoms with Gasteiger partial charge in [0.25, 0.3) is 0 Å². The van der Waals surface area contributed by atoms with E-state index >= 15 is 0 Å². The predicted molar refractivity (Wildman–Crippen MR) is 87.3 cm³/mol. The van der Waals surface area contributed by atoms with Gasteiger partial charge in [-0.05, 0) is 38.4 Å². The largest absolute Gasteiger partial charge is 0.368 e. The molecule has 0 spiro atoms. The van der Waals surface area contributed by atoms with Crippen molar-refractivity contribution in [1.29, 1.82) is 0 Å². The second-order valence-electron chi connectivity index (χ2n) is 5.24. The maximum absolute atomic E-state index is 11.5. The van der Waals surface area contributed by atoms with E-state index in [0.29, 0.717) is 0 Å². The van der Waals surface area contributed by atoms with E-state index in [1.165, 1.54) is 0 Å². The Kier molecular flexibility index (Phi) is 5.25. The third-order valence-corrected chi connectivity index (χ3v) is 4.50. The zero-order valence-corrected chi connectivity index (χ0v) is 13.3. The molecule has 0 saturated heterocycles. The Morgan fingerprint density at radius 2 is 2.24 bits per heavy atom. The number of aromatic amines is 1. The zero-order valence-electron chi connectivity index (χ0n) is 12.5. The minimum atomic E-state index is -0.622. The van der Waals surface area contributed by atoms with Crippen molar-refractivity contribution in [3.63, 3.8) is 0 Å². The van der Waals surface area contributed by atoms with Crippen LogP contribution in [0.1, 0.15) is 26.7 Å². The van der Waals surface area contributed by atoms with Crippen LogP contribution in [0.4, 0.5) is 0 Å². The lowest BCUT2D eigenvalue weighted by atomic mass is 9.95. The van der Waals surface area contributed by atoms with Gasteiger partial charge >= 0.3 is 0 Å². The molecule has 4 N–H and O–H groups in total. The fraction of sp³-hybridized carbons (Fsp3) is 0.467. The van der Waals surface area contributed by atoms with Crippen LogP contribution in [-0.4, -0.2) is 33.7 Å². The summed E-state index contributed by atoms with van der Waals surface area (Å²) in [5, 5.41) is 4.09. The average Bonchev–Trinajstić information content (AvgIpc) is 2.86. The first-order valence-corrected chi connectivity index (χ1v) is 8.16. The molecule has 2 aromatic rings. The smallest absolute Gasteiger partial charge is 0.237 e. The molecule has 6 heteroatoms. The topological polar surface area (TPSA) is 83.8 Å². The number of carbonyl (C=O) groups excluding carboxylic acids is 1. The van der Waals surface area contributed by atoms with E-state index in [1.54, 1.807) is 11.8 Å². The summed E-state index contributed by atoms with van der Waals surface area (Å²) in [5.74, 6) is 0.603. The first-order valence-electron chi connectivity index (χ1n) is 7.17. The Balaban J connectivity index is 1.85. The lowest BCUT2D eigenvalue weighted by Gasteiger charge is -2.26. The molecular formula is C15H22N4OS. The molecule has 0 aliphatic carbocycles. The van der Waals surface area contributed by atoms with Crippen molar-refractivity contribution in [3.8, 4) is 0 Å². The number of benzene rings is 1. The average molecular weight is 306 g/mol. The van der Waals surface area contributed by atoms with Gasteiger partial charge in [-0.3, -0.25) is 4.79 Å². The van der Waals surface area contributed by atoms with E-state index in [0.717, 1.165) is 41.3 Å². The minimum Gasteiger partial charge on any atom is -0.368 e. The summed E-state index contributed by atoms with van der Waals surface area (Å²) in [6.07, 6.45) is 1.62. The fourth-order valence-electron chi connectivity index (χ4n) is 2.28. The maximum Gasteiger partial charge on any atom is 0.237 e. The van der Waals surface area contributed by atoms with Crippen LogP contribution in [0.15, 0.2) is 29.4 Å². The van der Waals surface area contributed by atoms with Gasteiger partial charge < -0.3 is 16.0 Å². The minimum absolute atomic E-state index is 0.293. The molecule has 0 fully saturated rings. The normalized spacial score (nSPS) is 14.2. The third kappa shape index (κ3) is 3.98. The number of H-pyrrole nitrogens is 1. The van der Waals surface area contributed by atoms with Crippen LogP contribution in [0, 0.1) is 0 Å². The molecule has 0 aliphatic heterocycles. The summed E-state index contributed by atoms with van der Waals surface area (Å²) >= 11 is 1.67. The number of amides is 1. The Morgan fingerprint density at radius 1 is 1.48 bits per heavy atom. The molecule has 1 aromatic heterocycles. The number of primary amides is 1. The number of fused-ring (bicyclic) bond motifs is 1. The predicted octanol–water partition coefficient (Wildman–Crippen LogP) is 2.29. The van der Waals surface area contributed by atoms with Gasteiger partial charge in [0.15, 0.2) is 5.16 Å². The van der Waals surface area contributed by atoms with Gasteiger partial charge in [-0.15, -0.1) is 0 Å². The standard InChI is InChI=1S/C15H22N4OS/c1-3-17-15(2,13(16)20)9-6-10-21-14-18-11-7-4-5-8-12(11)19-14/h4-5,7-8,17H,3,6,9-10H2,1-2H3,(H2,16,20)(H,18,19). The molecule has 1 aromatic carbocycles. The Hall–Kier alpha value is -1.53. The molecule has 1 unspecified atom stereocenters. The number of para-hydroxylation sites is 2. The zero-order chi connectivity index (χ0) is 15.3. The molecule has 21 heavy (non-hydrogen) atoms. The highest BCUT2D eigenvalue weighted by atomic mass is 32.2. The van der Waals surface area contributed by atoms with Crippen molar-refractivity contribution in [2.24, 2.45) is 5.73 Å². The lowest BCUT2D eigenvalue weighted by Crippen LogP contribution is -2.53. The van der Waals surface area contributed by atoms with Crippen molar-refractivity contribution in [3.05, 3.63) is 24.3 Å². The number of nitrogens with one attached hydrogen (secondary N) is 2. The van der Waals surface area contributed by atoms with Gasteiger partial charge in [0, 0.05) is 5.75 Å². The van der Waals surface area contributed by atoms with Crippen LogP contribution in [0.25, 0.3) is 11.0 Å². The molecule has 0 aliphatic rings. The second-order valence-corrected chi connectivity index (χ2v) is 6.32. The van der Waals surface area contributed by atoms with E-state index in [-0.39, 0.29) is 5.91 Å². The number of hydrogen-bond acceptors (Lipinski definition) is 4. The highest BCUT2D eigenvalue weighted by Gasteiger charge is 2.28. The van der Waals surface area contributed by atoms with Gasteiger partial charge in [-0.2, -0.15) is 0 Å². The molecule has 5 nitrogen and oxygen atoms in total. The Bertz CT molecular complexity index is 579. The number of imidazole rings is 1. The second kappa shape index (κ2) is 6.95. The summed E-state index contributed by atoms with van der Waals surface area (Å²) in [6.45, 7) is 4.57. The molecule has 1 heterocycles. The van der Waals surface area contributed by atoms with E-state index in [2.05, 4.69) is 15.3 Å². The highest BCUT2D eigenvalue weighted by molar-refractivity contribution is 7.99. The number of nitrogens with zero attached hydrogens (tertiary/aromatic N) is 1. The van der Waals surface area contributed by atoms with Crippen LogP contribution in [0.5, 0.6) is 0 Å². The number of carbonyl (C=O) groups is 1. The van der Waals surface area contributed by atoms with Crippen LogP contribution < -0.4 is 11.1 Å². The van der Waals surface area contributed by atoms with Crippen LogP contribution >= 0.6 is 11.8 Å². The van der Waals surface area contributed by atoms with Gasteiger partial charge in [0.2, 0.25) is 5.91 Å². The Morgan fingerprint density at radius 3 is 2.90 bits per heavy atom. The monoisotopic (exact) mass is 306 g/mol. The summed E-state index contributed by atoms with van der Waals surface area (Å²) in [5.41, 5.74) is 6.88. The number of aromatic nitrogens is 2. The molecule has 1 amide bonds. The molecule has 0 saturated carbocycles. The third-order valence-electron chi connectivity index (χ3n) is 3.54. The summed E-state index contributed by atoms with van der Waals surface area (Å²) in [6, 6.07) is 7.98. The number of rotatable bonds is 8. The molecule has 0 bridgehead atoms. The summed E-state index contributed by atoms with van der Waals surface area (Å²) in [7, 11) is 0. The lowest BCUT2D eigenvalue weighted by molar-refractivity contribution is -0.124. The van der Waals surface area contributed by atoms with Crippen LogP contribution in [0.3, 0.4) is 0 Å². The van der Waals surface area contributed by atoms with E-state index in [9.17, 15) is 4.79 Å². The number of thioether (sulfide) groups is 1. The van der Waals surface area contributed by atoms with Gasteiger partial charge in [0.05, 0.1) is 16.6 Å². The first-order chi connectivity index (χ1) is 10.0. The summed E-state index contributed by atoms with van der Waals surface area (Å²) < 4.78 is 0. The number of hydrogen-bond donors (Lipinski definition) is 3. The van der Waals surface area contributed by atoms with Crippen molar-refractivity contribution in [2.75, 3.05) is 12.3 Å². The molecule has 0 radical (unpaired) electrons. The van der Waals surface area contributed by atoms with Crippen LogP contribution in [-0.2, 0) is 4.79 Å². The highest BCUT2D eigenvalue weighted by Crippen LogP contribution is 2.22. The van der Waals surface area contributed by atoms with Crippen molar-refractivity contribution in [1.82, 2.24) is 15.3 Å². The maximum atomic E-state index is 11.5. The molecule has 114 valence electrons. The quantitative estimate of drug-likeness (QED) is 0.516. The SMILES string of the molecule is CCNC(C)(CCCSc1nc2ccccc2[nH]1)C(N)=O. The molecule has 1 atom stereocenters. The molecular weight excluding hydrogens is 284 g/mol. The van der Waals surface area contributed by atoms with Crippen molar-refractivity contribution in [2.45, 2.75) is 37.4 Å². The van der Waals surface area contributed by atoms with Crippen molar-refractivity contribution >= 4 is 28.7 Å². The number of nitrogens with two attached hydrogens (primary N) is 1. The van der Waals surface area contributed by atoms with E-state index < -0.39 is 5.54 Å². The Labute approximate surface area is 129 Å². The molecule has 2 rings (SSSR count). The van der Waals surface area contributed by atoms with Crippen LogP contribution in [0.2, 0.25) is 0 Å². The fourth-order valence-corrected chi connectivity index (χ4v) is 3.11. The number of likely N-dealkylation sites (N-methyl/N-ethyl adjacent to an activating group) is 1. The van der Waals surface area contributed by atoms with Gasteiger partial charge in [0.1, 0.15) is 0 Å². The first kappa shape index (κ1) is 15.9. The van der Waals surface area contributed by atoms with Gasteiger partial charge in [-0.1, -0.05) is 30.8 Å². The van der Waals surface area contributed by atoms with E-state index in [1.807, 2.05) is 38.1 Å².